The second kappa shape index (κ2) is 4.31. The van der Waals surface area contributed by atoms with Gasteiger partial charge in [-0.05, 0) is 11.1 Å². The molecule has 0 spiro atoms. The zero-order valence-electron chi connectivity index (χ0n) is 9.26. The van der Waals surface area contributed by atoms with Crippen LogP contribution in [-0.2, 0) is 13.8 Å². The van der Waals surface area contributed by atoms with Gasteiger partial charge in [0.25, 0.3) is 0 Å². The molecule has 1 atom stereocenters. The Morgan fingerprint density at radius 2 is 2.24 bits per heavy atom. The van der Waals surface area contributed by atoms with Crippen LogP contribution in [0.2, 0.25) is 0 Å². The van der Waals surface area contributed by atoms with E-state index in [1.54, 1.807) is 23.1 Å². The largest absolute Gasteiger partial charge is 0.335 e. The molecular weight excluding hydrogens is 262 g/mol. The molecule has 0 fully saturated rings. The molecule has 0 saturated heterocycles. The van der Waals surface area contributed by atoms with Crippen LogP contribution >= 0.6 is 10.7 Å². The first-order valence-electron chi connectivity index (χ1n) is 5.16. The molecule has 1 unspecified atom stereocenters. The van der Waals surface area contributed by atoms with E-state index in [1.165, 1.54) is 6.92 Å². The Bertz CT molecular complexity index is 545. The van der Waals surface area contributed by atoms with E-state index in [-0.39, 0.29) is 5.91 Å². The minimum atomic E-state index is -3.64. The highest BCUT2D eigenvalue weighted by molar-refractivity contribution is 8.14. The first-order chi connectivity index (χ1) is 7.88. The van der Waals surface area contributed by atoms with Gasteiger partial charge in [-0.25, -0.2) is 8.42 Å². The number of amides is 1. The van der Waals surface area contributed by atoms with Crippen LogP contribution in [0.4, 0.5) is 0 Å². The third-order valence-electron chi connectivity index (χ3n) is 2.86. The maximum Gasteiger partial charge on any atom is 0.242 e. The zero-order valence-corrected chi connectivity index (χ0v) is 10.8. The lowest BCUT2D eigenvalue weighted by molar-refractivity contribution is -0.128. The summed E-state index contributed by atoms with van der Waals surface area (Å²) in [4.78, 5) is 12.9. The van der Waals surface area contributed by atoms with Gasteiger partial charge in [-0.3, -0.25) is 4.79 Å². The smallest absolute Gasteiger partial charge is 0.242 e. The normalized spacial score (nSPS) is 23.9. The molecule has 0 saturated carbocycles. The van der Waals surface area contributed by atoms with Crippen molar-refractivity contribution in [2.45, 2.75) is 12.2 Å². The van der Waals surface area contributed by atoms with E-state index >= 15 is 0 Å². The van der Waals surface area contributed by atoms with Crippen molar-refractivity contribution in [1.82, 2.24) is 4.90 Å². The van der Waals surface area contributed by atoms with Gasteiger partial charge in [-0.15, -0.1) is 0 Å². The molecule has 0 aromatic rings. The second-order valence-corrected chi connectivity index (χ2v) is 6.84. The predicted octanol–water partition coefficient (Wildman–Crippen LogP) is 1.21. The van der Waals surface area contributed by atoms with Crippen molar-refractivity contribution in [2.75, 3.05) is 13.1 Å². The van der Waals surface area contributed by atoms with E-state index in [9.17, 15) is 13.2 Å². The van der Waals surface area contributed by atoms with Crippen LogP contribution in [0, 0.1) is 0 Å². The Hall–Kier alpha value is -1.07. The minimum absolute atomic E-state index is 0.0268. The highest BCUT2D eigenvalue weighted by Gasteiger charge is 2.25. The number of halogens is 1. The van der Waals surface area contributed by atoms with E-state index in [4.69, 9.17) is 10.7 Å². The van der Waals surface area contributed by atoms with Gasteiger partial charge in [0.2, 0.25) is 15.0 Å². The third-order valence-corrected chi connectivity index (χ3v) is 4.43. The number of nitrogens with zero attached hydrogens (tertiary/aromatic N) is 1. The Balaban J connectivity index is 2.31. The summed E-state index contributed by atoms with van der Waals surface area (Å²) in [5, 5.41) is -0.803. The summed E-state index contributed by atoms with van der Waals surface area (Å²) < 4.78 is 22.5. The van der Waals surface area contributed by atoms with Gasteiger partial charge in [0.1, 0.15) is 5.25 Å². The maximum absolute atomic E-state index is 11.3. The fourth-order valence-corrected chi connectivity index (χ4v) is 2.82. The fourth-order valence-electron chi connectivity index (χ4n) is 1.89. The lowest BCUT2D eigenvalue weighted by atomic mass is 9.96. The molecule has 17 heavy (non-hydrogen) atoms. The van der Waals surface area contributed by atoms with Gasteiger partial charge in [0.15, 0.2) is 0 Å². The molecule has 0 N–H and O–H groups in total. The minimum Gasteiger partial charge on any atom is -0.335 e. The molecule has 0 radical (unpaired) electrons. The number of carbonyl (C=O) groups is 1. The molecule has 2 aliphatic rings. The highest BCUT2D eigenvalue weighted by Crippen LogP contribution is 2.26. The van der Waals surface area contributed by atoms with Crippen LogP contribution in [0.25, 0.3) is 0 Å². The Morgan fingerprint density at radius 1 is 1.53 bits per heavy atom. The lowest BCUT2D eigenvalue weighted by Gasteiger charge is -2.29. The van der Waals surface area contributed by atoms with Crippen LogP contribution in [0.3, 0.4) is 0 Å². The maximum atomic E-state index is 11.3. The predicted molar refractivity (Wildman–Crippen MR) is 66.1 cm³/mol. The summed E-state index contributed by atoms with van der Waals surface area (Å²) in [7, 11) is 1.68. The van der Waals surface area contributed by atoms with E-state index in [2.05, 4.69) is 0 Å². The molecule has 1 aliphatic heterocycles. The molecule has 0 aromatic heterocycles. The molecule has 92 valence electrons. The second-order valence-electron chi connectivity index (χ2n) is 4.05. The molecule has 1 heterocycles. The zero-order chi connectivity index (χ0) is 12.6. The summed E-state index contributed by atoms with van der Waals surface area (Å²) in [6.07, 6.45) is 6.81. The molecular formula is C11H12ClNO3S. The van der Waals surface area contributed by atoms with Gasteiger partial charge in [0.05, 0.1) is 0 Å². The monoisotopic (exact) mass is 273 g/mol. The highest BCUT2D eigenvalue weighted by atomic mass is 35.7. The molecule has 1 amide bonds. The van der Waals surface area contributed by atoms with E-state index < -0.39 is 14.3 Å². The van der Waals surface area contributed by atoms with E-state index in [0.29, 0.717) is 13.1 Å². The van der Waals surface area contributed by atoms with Gasteiger partial charge >= 0.3 is 0 Å². The number of hydrogen-bond donors (Lipinski definition) is 0. The van der Waals surface area contributed by atoms with Gasteiger partial charge < -0.3 is 4.90 Å². The molecule has 0 aromatic carbocycles. The van der Waals surface area contributed by atoms with Crippen LogP contribution in [0.5, 0.6) is 0 Å². The van der Waals surface area contributed by atoms with Crippen LogP contribution < -0.4 is 0 Å². The van der Waals surface area contributed by atoms with Crippen molar-refractivity contribution in [3.63, 3.8) is 0 Å². The molecule has 6 heteroatoms. The van der Waals surface area contributed by atoms with Crippen molar-refractivity contribution in [2.24, 2.45) is 0 Å². The summed E-state index contributed by atoms with van der Waals surface area (Å²) in [6, 6.07) is 0. The quantitative estimate of drug-likeness (QED) is 0.675. The summed E-state index contributed by atoms with van der Waals surface area (Å²) >= 11 is 0. The first-order valence-corrected chi connectivity index (χ1v) is 7.53. The lowest BCUT2D eigenvalue weighted by Crippen LogP contribution is -2.35. The van der Waals surface area contributed by atoms with E-state index in [0.717, 1.165) is 11.1 Å². The average molecular weight is 274 g/mol. The Kier molecular flexibility index (Phi) is 3.14. The topological polar surface area (TPSA) is 54.5 Å². The molecule has 4 nitrogen and oxygen atoms in total. The summed E-state index contributed by atoms with van der Waals surface area (Å²) in [6.45, 7) is 2.49. The van der Waals surface area contributed by atoms with Gasteiger partial charge in [0, 0.05) is 30.7 Å². The SMILES string of the molecule is CC(=O)N1CC=C2C=CC(S(=O)(=O)Cl)C=C2C1. The Labute approximate surface area is 105 Å². The average Bonchev–Trinajstić information content (AvgIpc) is 2.26. The number of carbonyl (C=O) groups excluding carboxylic acids is 1. The van der Waals surface area contributed by atoms with Crippen molar-refractivity contribution >= 4 is 25.6 Å². The number of allylic oxidation sites excluding steroid dienone is 1. The molecule has 2 rings (SSSR count). The van der Waals surface area contributed by atoms with Crippen molar-refractivity contribution in [1.29, 1.82) is 0 Å². The van der Waals surface area contributed by atoms with Gasteiger partial charge in [-0.1, -0.05) is 24.3 Å². The van der Waals surface area contributed by atoms with E-state index in [1.807, 2.05) is 6.08 Å². The van der Waals surface area contributed by atoms with Crippen LogP contribution in [0.1, 0.15) is 6.92 Å². The van der Waals surface area contributed by atoms with Crippen LogP contribution in [-0.4, -0.2) is 37.6 Å². The fraction of sp³-hybridized carbons (Fsp3) is 0.364. The van der Waals surface area contributed by atoms with Crippen molar-refractivity contribution in [3.8, 4) is 0 Å². The van der Waals surface area contributed by atoms with Gasteiger partial charge in [-0.2, -0.15) is 0 Å². The standard InChI is InChI=1S/C11H12ClNO3S/c1-8(14)13-5-4-9-2-3-11(17(12,15)16)6-10(9)7-13/h2-4,6,11H,5,7H2,1H3. The Morgan fingerprint density at radius 3 is 2.82 bits per heavy atom. The molecule has 1 aliphatic carbocycles. The number of fused-ring (bicyclic) bond motifs is 1. The third kappa shape index (κ3) is 2.61. The summed E-state index contributed by atoms with van der Waals surface area (Å²) in [5.74, 6) is -0.0268. The first kappa shape index (κ1) is 12.4. The number of hydrogen-bond acceptors (Lipinski definition) is 3. The number of rotatable bonds is 1. The molecule has 0 bridgehead atoms. The van der Waals surface area contributed by atoms with Crippen LogP contribution in [0.15, 0.2) is 35.5 Å². The van der Waals surface area contributed by atoms with Crippen molar-refractivity contribution < 1.29 is 13.2 Å². The van der Waals surface area contributed by atoms with Crippen molar-refractivity contribution in [3.05, 3.63) is 35.5 Å². The summed E-state index contributed by atoms with van der Waals surface area (Å²) in [5.41, 5.74) is 1.81.